The monoisotopic (exact) mass is 445 g/mol. The Balaban J connectivity index is 1.62. The summed E-state index contributed by atoms with van der Waals surface area (Å²) in [6.45, 7) is 1.97. The van der Waals surface area contributed by atoms with Crippen LogP contribution in [0.15, 0.2) is 91.0 Å². The van der Waals surface area contributed by atoms with Gasteiger partial charge in [0.05, 0.1) is 11.2 Å². The number of carbonyl (C=O) groups excluding carboxylic acids is 1. The number of benzene rings is 4. The predicted molar refractivity (Wildman–Crippen MR) is 138 cm³/mol. The largest absolute Gasteiger partial charge is 0.399 e. The number of hydrogen-bond donors (Lipinski definition) is 3. The number of anilines is 3. The van der Waals surface area contributed by atoms with Gasteiger partial charge in [0, 0.05) is 27.9 Å². The molecule has 0 saturated heterocycles. The molecule has 0 aliphatic heterocycles. The van der Waals surface area contributed by atoms with Gasteiger partial charge in [-0.05, 0) is 60.0 Å². The van der Waals surface area contributed by atoms with E-state index in [-0.39, 0.29) is 0 Å². The lowest BCUT2D eigenvalue weighted by molar-refractivity contribution is 0.100. The highest BCUT2D eigenvalue weighted by Crippen LogP contribution is 2.33. The van der Waals surface area contributed by atoms with Crippen LogP contribution < -0.4 is 16.8 Å². The van der Waals surface area contributed by atoms with Gasteiger partial charge in [0.25, 0.3) is 0 Å². The molecule has 0 fully saturated rings. The summed E-state index contributed by atoms with van der Waals surface area (Å²) in [7, 11) is 0. The van der Waals surface area contributed by atoms with E-state index in [0.29, 0.717) is 22.8 Å². The Morgan fingerprint density at radius 2 is 1.59 bits per heavy atom. The smallest absolute Gasteiger partial charge is 0.249 e. The number of aromatic nitrogens is 2. The number of aryl methyl sites for hydroxylation is 1. The molecule has 5 aromatic rings. The lowest BCUT2D eigenvalue weighted by Gasteiger charge is -2.14. The van der Waals surface area contributed by atoms with Crippen molar-refractivity contribution in [3.05, 3.63) is 102 Å². The lowest BCUT2D eigenvalue weighted by Crippen LogP contribution is -2.13. The number of para-hydroxylation sites is 1. The fourth-order valence-corrected chi connectivity index (χ4v) is 4.07. The first kappa shape index (κ1) is 21.2. The van der Waals surface area contributed by atoms with Gasteiger partial charge in [-0.15, -0.1) is 0 Å². The molecule has 0 radical (unpaired) electrons. The van der Waals surface area contributed by atoms with Crippen molar-refractivity contribution in [3.63, 3.8) is 0 Å². The van der Waals surface area contributed by atoms with Gasteiger partial charge in [-0.25, -0.2) is 9.97 Å². The van der Waals surface area contributed by atoms with Crippen molar-refractivity contribution in [1.82, 2.24) is 9.97 Å². The number of fused-ring (bicyclic) bond motifs is 1. The number of nitrogens with one attached hydrogen (secondary N) is 1. The molecular formula is C28H23N5O. The van der Waals surface area contributed by atoms with E-state index in [1.807, 2.05) is 85.8 Å². The Bertz CT molecular complexity index is 1530. The quantitative estimate of drug-likeness (QED) is 0.301. The molecule has 166 valence electrons. The summed E-state index contributed by atoms with van der Waals surface area (Å²) in [6, 6.07) is 28.9. The number of primary amides is 1. The predicted octanol–water partition coefficient (Wildman–Crippen LogP) is 5.70. The van der Waals surface area contributed by atoms with Gasteiger partial charge in [0.15, 0.2) is 0 Å². The minimum atomic E-state index is -0.503. The normalized spacial score (nSPS) is 10.9. The SMILES string of the molecule is Cc1ccc(N)cc1-c1cc(Nc2nc(-c3ccccc3)c3ccccc3n2)ccc1C(N)=O. The molecule has 0 aliphatic rings. The van der Waals surface area contributed by atoms with Gasteiger partial charge in [0.1, 0.15) is 0 Å². The van der Waals surface area contributed by atoms with Crippen molar-refractivity contribution in [2.75, 3.05) is 11.1 Å². The van der Waals surface area contributed by atoms with Crippen molar-refractivity contribution in [2.24, 2.45) is 5.73 Å². The summed E-state index contributed by atoms with van der Waals surface area (Å²) in [5, 5.41) is 4.28. The van der Waals surface area contributed by atoms with E-state index in [4.69, 9.17) is 21.4 Å². The number of nitrogens with two attached hydrogens (primary N) is 2. The van der Waals surface area contributed by atoms with Crippen molar-refractivity contribution in [1.29, 1.82) is 0 Å². The van der Waals surface area contributed by atoms with Crippen LogP contribution in [-0.2, 0) is 0 Å². The van der Waals surface area contributed by atoms with Crippen LogP contribution in [0.3, 0.4) is 0 Å². The molecule has 1 aromatic heterocycles. The number of hydrogen-bond acceptors (Lipinski definition) is 5. The topological polar surface area (TPSA) is 107 Å². The van der Waals surface area contributed by atoms with E-state index >= 15 is 0 Å². The first-order valence-electron chi connectivity index (χ1n) is 10.9. The van der Waals surface area contributed by atoms with E-state index in [9.17, 15) is 4.79 Å². The van der Waals surface area contributed by atoms with E-state index in [2.05, 4.69) is 5.32 Å². The Morgan fingerprint density at radius 3 is 2.38 bits per heavy atom. The third-order valence-electron chi connectivity index (χ3n) is 5.74. The van der Waals surface area contributed by atoms with Crippen LogP contribution in [-0.4, -0.2) is 15.9 Å². The molecule has 1 heterocycles. The zero-order chi connectivity index (χ0) is 23.7. The first-order chi connectivity index (χ1) is 16.5. The molecule has 4 aromatic carbocycles. The van der Waals surface area contributed by atoms with Gasteiger partial charge >= 0.3 is 0 Å². The van der Waals surface area contributed by atoms with E-state index in [1.54, 1.807) is 12.1 Å². The van der Waals surface area contributed by atoms with Gasteiger partial charge in [-0.2, -0.15) is 0 Å². The molecule has 6 heteroatoms. The zero-order valence-electron chi connectivity index (χ0n) is 18.6. The van der Waals surface area contributed by atoms with Crippen LogP contribution in [0.4, 0.5) is 17.3 Å². The molecule has 0 saturated carbocycles. The molecule has 5 N–H and O–H groups in total. The van der Waals surface area contributed by atoms with E-state index in [1.165, 1.54) is 0 Å². The highest BCUT2D eigenvalue weighted by atomic mass is 16.1. The number of amides is 1. The summed E-state index contributed by atoms with van der Waals surface area (Å²) in [5.41, 5.74) is 18.7. The molecule has 0 bridgehead atoms. The fraction of sp³-hybridized carbons (Fsp3) is 0.0357. The zero-order valence-corrected chi connectivity index (χ0v) is 18.6. The average molecular weight is 446 g/mol. The summed E-state index contributed by atoms with van der Waals surface area (Å²) in [4.78, 5) is 21.7. The number of carbonyl (C=O) groups is 1. The van der Waals surface area contributed by atoms with Crippen molar-refractivity contribution < 1.29 is 4.79 Å². The van der Waals surface area contributed by atoms with Crippen LogP contribution in [0.5, 0.6) is 0 Å². The average Bonchev–Trinajstić information content (AvgIpc) is 2.85. The molecule has 0 unspecified atom stereocenters. The lowest BCUT2D eigenvalue weighted by atomic mass is 9.94. The van der Waals surface area contributed by atoms with Crippen molar-refractivity contribution in [2.45, 2.75) is 6.92 Å². The molecule has 0 aliphatic carbocycles. The summed E-state index contributed by atoms with van der Waals surface area (Å²) in [6.07, 6.45) is 0. The maximum Gasteiger partial charge on any atom is 0.249 e. The maximum absolute atomic E-state index is 12.2. The third-order valence-corrected chi connectivity index (χ3v) is 5.74. The Kier molecular flexibility index (Phi) is 5.40. The highest BCUT2D eigenvalue weighted by molar-refractivity contribution is 6.01. The Labute approximate surface area is 197 Å². The molecule has 6 nitrogen and oxygen atoms in total. The van der Waals surface area contributed by atoms with Crippen LogP contribution in [0.1, 0.15) is 15.9 Å². The second-order valence-electron chi connectivity index (χ2n) is 8.10. The Hall–Kier alpha value is -4.71. The van der Waals surface area contributed by atoms with Crippen LogP contribution >= 0.6 is 0 Å². The van der Waals surface area contributed by atoms with Gasteiger partial charge in [-0.1, -0.05) is 54.6 Å². The Morgan fingerprint density at radius 1 is 0.824 bits per heavy atom. The van der Waals surface area contributed by atoms with E-state index < -0.39 is 5.91 Å². The second-order valence-corrected chi connectivity index (χ2v) is 8.10. The summed E-state index contributed by atoms with van der Waals surface area (Å²) < 4.78 is 0. The number of rotatable bonds is 5. The van der Waals surface area contributed by atoms with Gasteiger partial charge < -0.3 is 16.8 Å². The molecular weight excluding hydrogens is 422 g/mol. The van der Waals surface area contributed by atoms with Crippen LogP contribution in [0.2, 0.25) is 0 Å². The summed E-state index contributed by atoms with van der Waals surface area (Å²) >= 11 is 0. The van der Waals surface area contributed by atoms with Crippen LogP contribution in [0, 0.1) is 6.92 Å². The number of nitrogen functional groups attached to an aromatic ring is 1. The standard InChI is InChI=1S/C28H23N5O/c1-17-11-12-19(29)15-23(17)24-16-20(13-14-21(24)27(30)34)31-28-32-25-10-6-5-9-22(25)26(33-28)18-7-3-2-4-8-18/h2-16H,29H2,1H3,(H2,30,34)(H,31,32,33). The highest BCUT2D eigenvalue weighted by Gasteiger charge is 2.15. The minimum Gasteiger partial charge on any atom is -0.399 e. The van der Waals surface area contributed by atoms with Crippen LogP contribution in [0.25, 0.3) is 33.3 Å². The van der Waals surface area contributed by atoms with Gasteiger partial charge in [0.2, 0.25) is 11.9 Å². The van der Waals surface area contributed by atoms with Crippen molar-refractivity contribution >= 4 is 34.1 Å². The maximum atomic E-state index is 12.2. The third kappa shape index (κ3) is 4.04. The number of nitrogens with zero attached hydrogens (tertiary/aromatic N) is 2. The second kappa shape index (κ2) is 8.67. The molecule has 1 amide bonds. The van der Waals surface area contributed by atoms with E-state index in [0.717, 1.165) is 39.0 Å². The molecule has 5 rings (SSSR count). The molecule has 0 spiro atoms. The minimum absolute atomic E-state index is 0.420. The summed E-state index contributed by atoms with van der Waals surface area (Å²) in [5.74, 6) is -0.0451. The molecule has 0 atom stereocenters. The van der Waals surface area contributed by atoms with Gasteiger partial charge in [-0.3, -0.25) is 4.79 Å². The first-order valence-corrected chi connectivity index (χ1v) is 10.9. The molecule has 34 heavy (non-hydrogen) atoms. The van der Waals surface area contributed by atoms with Crippen molar-refractivity contribution in [3.8, 4) is 22.4 Å². The fourth-order valence-electron chi connectivity index (χ4n) is 4.07.